The molecule has 110 valence electrons. The van der Waals surface area contributed by atoms with Gasteiger partial charge in [0.1, 0.15) is 5.52 Å². The predicted molar refractivity (Wildman–Crippen MR) is 83.4 cm³/mol. The van der Waals surface area contributed by atoms with Crippen molar-refractivity contribution >= 4 is 16.8 Å². The van der Waals surface area contributed by atoms with Gasteiger partial charge < -0.3 is 9.73 Å². The van der Waals surface area contributed by atoms with Gasteiger partial charge in [-0.05, 0) is 25.1 Å². The average molecular weight is 284 g/mol. The third-order valence-corrected chi connectivity index (χ3v) is 3.72. The van der Waals surface area contributed by atoms with Crippen LogP contribution in [0.25, 0.3) is 11.1 Å². The number of hydrogen-bond donors (Lipinski definition) is 1. The molecular weight excluding hydrogens is 264 g/mol. The molecule has 5 nitrogen and oxygen atoms in total. The van der Waals surface area contributed by atoms with Crippen molar-refractivity contribution in [3.8, 4) is 0 Å². The molecule has 0 atom stereocenters. The van der Waals surface area contributed by atoms with Crippen molar-refractivity contribution in [1.29, 1.82) is 0 Å². The first-order valence-corrected chi connectivity index (χ1v) is 7.16. The van der Waals surface area contributed by atoms with Gasteiger partial charge in [-0.1, -0.05) is 13.8 Å². The maximum Gasteiger partial charge on any atom is 0.198 e. The third-order valence-electron chi connectivity index (χ3n) is 3.72. The van der Waals surface area contributed by atoms with Crippen molar-refractivity contribution in [2.45, 2.75) is 33.2 Å². The Morgan fingerprint density at radius 3 is 2.81 bits per heavy atom. The summed E-state index contributed by atoms with van der Waals surface area (Å²) < 4.78 is 7.60. The molecule has 5 heteroatoms. The topological polar surface area (TPSA) is 55.9 Å². The molecule has 0 saturated carbocycles. The molecule has 21 heavy (non-hydrogen) atoms. The molecule has 0 aliphatic rings. The van der Waals surface area contributed by atoms with Gasteiger partial charge in [-0.25, -0.2) is 4.98 Å². The first kappa shape index (κ1) is 13.7. The molecule has 3 rings (SSSR count). The summed E-state index contributed by atoms with van der Waals surface area (Å²) in [7, 11) is 1.95. The second-order valence-electron chi connectivity index (χ2n) is 5.62. The molecule has 0 radical (unpaired) electrons. The van der Waals surface area contributed by atoms with E-state index in [0.29, 0.717) is 5.92 Å². The Kier molecular flexibility index (Phi) is 3.41. The van der Waals surface area contributed by atoms with Gasteiger partial charge in [0.25, 0.3) is 0 Å². The molecule has 2 heterocycles. The van der Waals surface area contributed by atoms with Crippen LogP contribution in [0, 0.1) is 6.92 Å². The van der Waals surface area contributed by atoms with Crippen LogP contribution in [0.1, 0.15) is 36.9 Å². The summed E-state index contributed by atoms with van der Waals surface area (Å²) in [6.45, 7) is 6.98. The van der Waals surface area contributed by atoms with Crippen molar-refractivity contribution in [2.75, 3.05) is 5.32 Å². The monoisotopic (exact) mass is 284 g/mol. The number of nitrogens with zero attached hydrogens (tertiary/aromatic N) is 3. The minimum Gasteiger partial charge on any atom is -0.440 e. The molecule has 0 amide bonds. The van der Waals surface area contributed by atoms with Crippen molar-refractivity contribution in [1.82, 2.24) is 14.8 Å². The lowest BCUT2D eigenvalue weighted by Crippen LogP contribution is -2.01. The zero-order valence-electron chi connectivity index (χ0n) is 12.8. The first-order valence-electron chi connectivity index (χ1n) is 7.16. The van der Waals surface area contributed by atoms with E-state index in [1.165, 1.54) is 11.3 Å². The van der Waals surface area contributed by atoms with Crippen LogP contribution in [-0.4, -0.2) is 14.8 Å². The number of benzene rings is 1. The molecule has 3 aromatic rings. The normalized spacial score (nSPS) is 11.5. The predicted octanol–water partition coefficient (Wildman–Crippen LogP) is 3.61. The Labute approximate surface area is 124 Å². The molecule has 0 bridgehead atoms. The van der Waals surface area contributed by atoms with Crippen molar-refractivity contribution in [2.24, 2.45) is 7.05 Å². The van der Waals surface area contributed by atoms with Crippen molar-refractivity contribution in [3.63, 3.8) is 0 Å². The van der Waals surface area contributed by atoms with E-state index in [1.54, 1.807) is 0 Å². The lowest BCUT2D eigenvalue weighted by molar-refractivity contribution is 0.501. The van der Waals surface area contributed by atoms with Crippen molar-refractivity contribution in [3.05, 3.63) is 41.5 Å². The highest BCUT2D eigenvalue weighted by Crippen LogP contribution is 2.24. The Bertz CT molecular complexity index is 770. The lowest BCUT2D eigenvalue weighted by atomic mass is 10.2. The van der Waals surface area contributed by atoms with Crippen LogP contribution in [-0.2, 0) is 13.6 Å². The molecule has 0 unspecified atom stereocenters. The standard InChI is InChI=1S/C16H20N4O/c1-10(2)16-19-14-7-13(5-6-15(14)21-16)17-8-12-9-18-20(4)11(12)3/h5-7,9-10,17H,8H2,1-4H3. The summed E-state index contributed by atoms with van der Waals surface area (Å²) in [6, 6.07) is 6.01. The van der Waals surface area contributed by atoms with E-state index < -0.39 is 0 Å². The quantitative estimate of drug-likeness (QED) is 0.795. The van der Waals surface area contributed by atoms with E-state index in [-0.39, 0.29) is 0 Å². The smallest absolute Gasteiger partial charge is 0.198 e. The minimum atomic E-state index is 0.298. The molecule has 2 aromatic heterocycles. The molecule has 0 fully saturated rings. The van der Waals surface area contributed by atoms with Crippen LogP contribution in [0.15, 0.2) is 28.8 Å². The van der Waals surface area contributed by atoms with E-state index in [2.05, 4.69) is 36.2 Å². The van der Waals surface area contributed by atoms with Crippen LogP contribution >= 0.6 is 0 Å². The summed E-state index contributed by atoms with van der Waals surface area (Å²) in [5.74, 6) is 1.08. The molecular formula is C16H20N4O. The van der Waals surface area contributed by atoms with Gasteiger partial charge in [-0.3, -0.25) is 4.68 Å². The van der Waals surface area contributed by atoms with Crippen molar-refractivity contribution < 1.29 is 4.42 Å². The highest BCUT2D eigenvalue weighted by molar-refractivity contribution is 5.77. The number of nitrogens with one attached hydrogen (secondary N) is 1. The molecule has 1 aromatic carbocycles. The fraction of sp³-hybridized carbons (Fsp3) is 0.375. The number of rotatable bonds is 4. The minimum absolute atomic E-state index is 0.298. The van der Waals surface area contributed by atoms with E-state index in [9.17, 15) is 0 Å². The highest BCUT2D eigenvalue weighted by atomic mass is 16.3. The lowest BCUT2D eigenvalue weighted by Gasteiger charge is -2.05. The molecule has 0 aliphatic heterocycles. The number of aromatic nitrogens is 3. The van der Waals surface area contributed by atoms with E-state index in [4.69, 9.17) is 4.42 Å². The summed E-state index contributed by atoms with van der Waals surface area (Å²) in [4.78, 5) is 4.53. The zero-order chi connectivity index (χ0) is 15.0. The maximum atomic E-state index is 5.72. The van der Waals surface area contributed by atoms with E-state index >= 15 is 0 Å². The van der Waals surface area contributed by atoms with Gasteiger partial charge in [-0.15, -0.1) is 0 Å². The largest absolute Gasteiger partial charge is 0.440 e. The van der Waals surface area contributed by atoms with Gasteiger partial charge in [0.05, 0.1) is 6.20 Å². The van der Waals surface area contributed by atoms with Gasteiger partial charge in [-0.2, -0.15) is 5.10 Å². The van der Waals surface area contributed by atoms with Gasteiger partial charge >= 0.3 is 0 Å². The first-order chi connectivity index (χ1) is 10.0. The summed E-state index contributed by atoms with van der Waals surface area (Å²) in [6.07, 6.45) is 1.90. The van der Waals surface area contributed by atoms with E-state index in [0.717, 1.165) is 29.2 Å². The number of anilines is 1. The number of aryl methyl sites for hydroxylation is 1. The average Bonchev–Trinajstić information content (AvgIpc) is 3.02. The fourth-order valence-electron chi connectivity index (χ4n) is 2.22. The van der Waals surface area contributed by atoms with Crippen LogP contribution < -0.4 is 5.32 Å². The van der Waals surface area contributed by atoms with Gasteiger partial charge in [0.2, 0.25) is 0 Å². The third kappa shape index (κ3) is 2.63. The Morgan fingerprint density at radius 1 is 1.33 bits per heavy atom. The second kappa shape index (κ2) is 5.24. The second-order valence-corrected chi connectivity index (χ2v) is 5.62. The fourth-order valence-corrected chi connectivity index (χ4v) is 2.22. The Hall–Kier alpha value is -2.30. The van der Waals surface area contributed by atoms with Crippen LogP contribution in [0.2, 0.25) is 0 Å². The maximum absolute atomic E-state index is 5.72. The van der Waals surface area contributed by atoms with Crippen LogP contribution in [0.5, 0.6) is 0 Å². The molecule has 0 aliphatic carbocycles. The SMILES string of the molecule is Cc1c(CNc2ccc3oc(C(C)C)nc3c2)cnn1C. The van der Waals surface area contributed by atoms with Crippen LogP contribution in [0.3, 0.4) is 0 Å². The Balaban J connectivity index is 1.79. The van der Waals surface area contributed by atoms with Crippen LogP contribution in [0.4, 0.5) is 5.69 Å². The van der Waals surface area contributed by atoms with E-state index in [1.807, 2.05) is 36.1 Å². The van der Waals surface area contributed by atoms with Gasteiger partial charge in [0.15, 0.2) is 11.5 Å². The molecule has 0 saturated heterocycles. The number of fused-ring (bicyclic) bond motifs is 1. The zero-order valence-corrected chi connectivity index (χ0v) is 12.8. The molecule has 0 spiro atoms. The van der Waals surface area contributed by atoms with Gasteiger partial charge in [0, 0.05) is 36.5 Å². The summed E-state index contributed by atoms with van der Waals surface area (Å²) in [5, 5.41) is 7.66. The summed E-state index contributed by atoms with van der Waals surface area (Å²) >= 11 is 0. The number of hydrogen-bond acceptors (Lipinski definition) is 4. The summed E-state index contributed by atoms with van der Waals surface area (Å²) in [5.41, 5.74) is 5.13. The highest BCUT2D eigenvalue weighted by Gasteiger charge is 2.10. The Morgan fingerprint density at radius 2 is 2.14 bits per heavy atom. The number of oxazole rings is 1. The molecule has 1 N–H and O–H groups in total.